The molecule has 0 radical (unpaired) electrons. The van der Waals surface area contributed by atoms with Crippen molar-refractivity contribution in [2.24, 2.45) is 0 Å². The van der Waals surface area contributed by atoms with Gasteiger partial charge in [0, 0.05) is 5.69 Å². The molecule has 34 heavy (non-hydrogen) atoms. The first-order valence-electron chi connectivity index (χ1n) is 11.0. The van der Waals surface area contributed by atoms with Crippen molar-refractivity contribution in [2.75, 3.05) is 10.2 Å². The number of hydrogen-bond donors (Lipinski definition) is 1. The van der Waals surface area contributed by atoms with Crippen molar-refractivity contribution in [1.29, 1.82) is 0 Å². The molecular formula is C27H23ClN2O4. The second kappa shape index (κ2) is 9.93. The maximum Gasteiger partial charge on any atom is 0.343 e. The van der Waals surface area contributed by atoms with Crippen molar-refractivity contribution in [3.63, 3.8) is 0 Å². The van der Waals surface area contributed by atoms with Gasteiger partial charge in [-0.2, -0.15) is 0 Å². The van der Waals surface area contributed by atoms with Gasteiger partial charge in [0.05, 0.1) is 11.3 Å². The summed E-state index contributed by atoms with van der Waals surface area (Å²) in [6, 6.07) is 20.9. The topological polar surface area (TPSA) is 75.7 Å². The van der Waals surface area contributed by atoms with E-state index in [0.717, 1.165) is 22.4 Å². The number of para-hydroxylation sites is 1. The minimum atomic E-state index is -0.579. The number of anilines is 2. The molecule has 0 atom stereocenters. The number of imide groups is 1. The van der Waals surface area contributed by atoms with Crippen LogP contribution in [0, 0.1) is 0 Å². The Morgan fingerprint density at radius 2 is 1.56 bits per heavy atom. The number of carbonyl (C=O) groups is 3. The van der Waals surface area contributed by atoms with Gasteiger partial charge in [-0.1, -0.05) is 55.8 Å². The molecule has 0 saturated carbocycles. The number of esters is 1. The Labute approximate surface area is 202 Å². The third-order valence-corrected chi connectivity index (χ3v) is 5.92. The molecule has 1 aliphatic rings. The van der Waals surface area contributed by atoms with Gasteiger partial charge in [0.1, 0.15) is 16.5 Å². The van der Waals surface area contributed by atoms with Crippen molar-refractivity contribution in [3.05, 3.63) is 100 Å². The lowest BCUT2D eigenvalue weighted by Crippen LogP contribution is -2.33. The molecule has 0 saturated heterocycles. The molecule has 1 aliphatic heterocycles. The molecule has 0 aliphatic carbocycles. The van der Waals surface area contributed by atoms with Crippen LogP contribution in [0.25, 0.3) is 0 Å². The van der Waals surface area contributed by atoms with Gasteiger partial charge in [-0.05, 0) is 66.4 Å². The fraction of sp³-hybridized carbons (Fsp3) is 0.148. The first-order chi connectivity index (χ1) is 16.4. The predicted molar refractivity (Wildman–Crippen MR) is 132 cm³/mol. The highest BCUT2D eigenvalue weighted by Crippen LogP contribution is 2.32. The van der Waals surface area contributed by atoms with E-state index < -0.39 is 17.8 Å². The molecule has 2 amide bonds. The molecular weight excluding hydrogens is 452 g/mol. The third kappa shape index (κ3) is 4.58. The normalized spacial score (nSPS) is 13.4. The summed E-state index contributed by atoms with van der Waals surface area (Å²) in [5, 5.41) is 2.73. The number of amides is 2. The quantitative estimate of drug-likeness (QED) is 0.279. The predicted octanol–water partition coefficient (Wildman–Crippen LogP) is 5.47. The Morgan fingerprint density at radius 3 is 2.21 bits per heavy atom. The highest BCUT2D eigenvalue weighted by atomic mass is 35.5. The second-order valence-corrected chi connectivity index (χ2v) is 8.08. The maximum atomic E-state index is 13.0. The molecule has 7 heteroatoms. The lowest BCUT2D eigenvalue weighted by Gasteiger charge is -2.18. The summed E-state index contributed by atoms with van der Waals surface area (Å²) in [5.74, 6) is -1.15. The van der Waals surface area contributed by atoms with Crippen LogP contribution in [-0.2, 0) is 22.4 Å². The van der Waals surface area contributed by atoms with Gasteiger partial charge in [-0.3, -0.25) is 9.59 Å². The van der Waals surface area contributed by atoms with Gasteiger partial charge in [0.2, 0.25) is 0 Å². The monoisotopic (exact) mass is 474 g/mol. The van der Waals surface area contributed by atoms with Gasteiger partial charge >= 0.3 is 5.97 Å². The van der Waals surface area contributed by atoms with Gasteiger partial charge < -0.3 is 10.1 Å². The Bertz CT molecular complexity index is 1280. The van der Waals surface area contributed by atoms with Crippen LogP contribution in [0.15, 0.2) is 83.5 Å². The van der Waals surface area contributed by atoms with Crippen molar-refractivity contribution in [3.8, 4) is 5.75 Å². The Balaban J connectivity index is 1.47. The number of nitrogens with zero attached hydrogens (tertiary/aromatic N) is 1. The zero-order valence-corrected chi connectivity index (χ0v) is 19.6. The number of halogens is 1. The number of carbonyl (C=O) groups excluding carboxylic acids is 3. The number of benzene rings is 3. The van der Waals surface area contributed by atoms with E-state index in [-0.39, 0.29) is 10.7 Å². The van der Waals surface area contributed by atoms with E-state index in [4.69, 9.17) is 16.3 Å². The van der Waals surface area contributed by atoms with E-state index in [9.17, 15) is 14.4 Å². The molecule has 1 heterocycles. The van der Waals surface area contributed by atoms with Gasteiger partial charge in [-0.15, -0.1) is 0 Å². The van der Waals surface area contributed by atoms with Crippen LogP contribution in [0.5, 0.6) is 5.75 Å². The lowest BCUT2D eigenvalue weighted by molar-refractivity contribution is -0.120. The van der Waals surface area contributed by atoms with Crippen LogP contribution in [0.4, 0.5) is 11.4 Å². The average molecular weight is 475 g/mol. The van der Waals surface area contributed by atoms with E-state index >= 15 is 0 Å². The van der Waals surface area contributed by atoms with Crippen molar-refractivity contribution in [2.45, 2.75) is 26.7 Å². The Kier molecular flexibility index (Phi) is 6.80. The Hall–Kier alpha value is -3.90. The number of hydrogen-bond acceptors (Lipinski definition) is 5. The zero-order valence-electron chi connectivity index (χ0n) is 18.8. The van der Waals surface area contributed by atoms with Crippen LogP contribution < -0.4 is 15.0 Å². The molecule has 0 fully saturated rings. The number of nitrogens with one attached hydrogen (secondary N) is 1. The smallest absolute Gasteiger partial charge is 0.343 e. The second-order valence-electron chi connectivity index (χ2n) is 7.71. The van der Waals surface area contributed by atoms with E-state index in [0.29, 0.717) is 29.1 Å². The van der Waals surface area contributed by atoms with E-state index in [2.05, 4.69) is 12.2 Å². The summed E-state index contributed by atoms with van der Waals surface area (Å²) >= 11 is 6.24. The minimum Gasteiger partial charge on any atom is -0.423 e. The molecule has 6 nitrogen and oxygen atoms in total. The molecule has 0 unspecified atom stereocenters. The van der Waals surface area contributed by atoms with Crippen LogP contribution in [-0.4, -0.2) is 17.8 Å². The molecule has 3 aromatic rings. The number of rotatable bonds is 7. The standard InChI is InChI=1S/C27H23ClN2O4/c1-3-17-9-15-21(16-10-17)34-27(33)19-11-13-20(14-12-19)29-24-23(28)25(31)30(26(24)32)22-8-6-5-7-18(22)4-2/h5-16,29H,3-4H2,1-2H3. The van der Waals surface area contributed by atoms with Crippen LogP contribution in [0.1, 0.15) is 35.3 Å². The van der Waals surface area contributed by atoms with Gasteiger partial charge in [-0.25, -0.2) is 9.69 Å². The van der Waals surface area contributed by atoms with Crippen LogP contribution in [0.3, 0.4) is 0 Å². The van der Waals surface area contributed by atoms with Gasteiger partial charge in [0.25, 0.3) is 11.8 Å². The molecule has 1 N–H and O–H groups in total. The summed E-state index contributed by atoms with van der Waals surface area (Å²) < 4.78 is 5.41. The fourth-order valence-electron chi connectivity index (χ4n) is 3.65. The lowest BCUT2D eigenvalue weighted by atomic mass is 10.1. The average Bonchev–Trinajstić information content (AvgIpc) is 3.07. The Morgan fingerprint density at radius 1 is 0.882 bits per heavy atom. The summed E-state index contributed by atoms with van der Waals surface area (Å²) in [5.41, 5.74) is 3.37. The number of aryl methyl sites for hydroxylation is 2. The number of ether oxygens (including phenoxy) is 1. The molecule has 3 aromatic carbocycles. The molecule has 172 valence electrons. The SMILES string of the molecule is CCc1ccc(OC(=O)c2ccc(NC3=C(Cl)C(=O)N(c4ccccc4CC)C3=O)cc2)cc1. The first-order valence-corrected chi connectivity index (χ1v) is 11.3. The molecule has 0 aromatic heterocycles. The molecule has 4 rings (SSSR count). The highest BCUT2D eigenvalue weighted by Gasteiger charge is 2.39. The summed E-state index contributed by atoms with van der Waals surface area (Å²) in [6.07, 6.45) is 1.56. The van der Waals surface area contributed by atoms with Crippen molar-refractivity contribution in [1.82, 2.24) is 0 Å². The van der Waals surface area contributed by atoms with Crippen molar-refractivity contribution >= 4 is 40.8 Å². The molecule has 0 bridgehead atoms. The zero-order chi connectivity index (χ0) is 24.2. The largest absolute Gasteiger partial charge is 0.423 e. The minimum absolute atomic E-state index is 0.0103. The maximum absolute atomic E-state index is 13.0. The van der Waals surface area contributed by atoms with E-state index in [1.807, 2.05) is 31.2 Å². The molecule has 0 spiro atoms. The first kappa shape index (κ1) is 23.3. The van der Waals surface area contributed by atoms with Crippen molar-refractivity contribution < 1.29 is 19.1 Å². The summed E-state index contributed by atoms with van der Waals surface area (Å²) in [7, 11) is 0. The highest BCUT2D eigenvalue weighted by molar-refractivity contribution is 6.53. The van der Waals surface area contributed by atoms with Crippen LogP contribution in [0.2, 0.25) is 0 Å². The van der Waals surface area contributed by atoms with E-state index in [1.165, 1.54) is 0 Å². The summed E-state index contributed by atoms with van der Waals surface area (Å²) in [6.45, 7) is 4.00. The van der Waals surface area contributed by atoms with Gasteiger partial charge in [0.15, 0.2) is 0 Å². The third-order valence-electron chi connectivity index (χ3n) is 5.57. The van der Waals surface area contributed by atoms with E-state index in [1.54, 1.807) is 48.5 Å². The summed E-state index contributed by atoms with van der Waals surface area (Å²) in [4.78, 5) is 39.3. The fourth-order valence-corrected chi connectivity index (χ4v) is 3.86. The van der Waals surface area contributed by atoms with Crippen LogP contribution >= 0.6 is 11.6 Å².